The van der Waals surface area contributed by atoms with Crippen LogP contribution >= 0.6 is 0 Å². The third kappa shape index (κ3) is 3.08. The zero-order valence-corrected chi connectivity index (χ0v) is 10.6. The molecule has 0 amide bonds. The molecule has 0 spiro atoms. The SMILES string of the molecule is COCCNCCn1ccc2ccc(C)cc21. The average Bonchev–Trinajstić information content (AvgIpc) is 2.72. The highest BCUT2D eigenvalue weighted by atomic mass is 16.5. The topological polar surface area (TPSA) is 26.2 Å². The molecule has 0 saturated heterocycles. The van der Waals surface area contributed by atoms with Crippen molar-refractivity contribution in [3.8, 4) is 0 Å². The highest BCUT2D eigenvalue weighted by molar-refractivity contribution is 5.80. The van der Waals surface area contributed by atoms with Crippen molar-refractivity contribution < 1.29 is 4.74 Å². The van der Waals surface area contributed by atoms with Crippen molar-refractivity contribution >= 4 is 10.9 Å². The van der Waals surface area contributed by atoms with Crippen LogP contribution in [-0.4, -0.2) is 31.4 Å². The Morgan fingerprint density at radius 2 is 2.12 bits per heavy atom. The highest BCUT2D eigenvalue weighted by Crippen LogP contribution is 2.16. The first kappa shape index (κ1) is 12.1. The van der Waals surface area contributed by atoms with Crippen LogP contribution in [-0.2, 0) is 11.3 Å². The smallest absolute Gasteiger partial charge is 0.0587 e. The summed E-state index contributed by atoms with van der Waals surface area (Å²) in [4.78, 5) is 0. The van der Waals surface area contributed by atoms with Crippen LogP contribution in [0.2, 0.25) is 0 Å². The van der Waals surface area contributed by atoms with Crippen LogP contribution in [0.4, 0.5) is 0 Å². The fraction of sp³-hybridized carbons (Fsp3) is 0.429. The first-order valence-electron chi connectivity index (χ1n) is 6.06. The van der Waals surface area contributed by atoms with Crippen molar-refractivity contribution in [3.63, 3.8) is 0 Å². The molecule has 0 radical (unpaired) electrons. The third-order valence-electron chi connectivity index (χ3n) is 2.94. The molecule has 1 aromatic heterocycles. The summed E-state index contributed by atoms with van der Waals surface area (Å²) in [5.74, 6) is 0. The summed E-state index contributed by atoms with van der Waals surface area (Å²) in [6.07, 6.45) is 2.15. The van der Waals surface area contributed by atoms with Crippen molar-refractivity contribution in [1.29, 1.82) is 0 Å². The lowest BCUT2D eigenvalue weighted by Crippen LogP contribution is -2.23. The molecule has 17 heavy (non-hydrogen) atoms. The van der Waals surface area contributed by atoms with Gasteiger partial charge >= 0.3 is 0 Å². The van der Waals surface area contributed by atoms with Gasteiger partial charge in [0.15, 0.2) is 0 Å². The Balaban J connectivity index is 1.96. The van der Waals surface area contributed by atoms with Crippen molar-refractivity contribution in [1.82, 2.24) is 9.88 Å². The van der Waals surface area contributed by atoms with Gasteiger partial charge in [-0.2, -0.15) is 0 Å². The molecule has 0 atom stereocenters. The summed E-state index contributed by atoms with van der Waals surface area (Å²) < 4.78 is 7.29. The molecule has 1 heterocycles. The van der Waals surface area contributed by atoms with Gasteiger partial charge in [-0.15, -0.1) is 0 Å². The number of benzene rings is 1. The second-order valence-corrected chi connectivity index (χ2v) is 4.31. The lowest BCUT2D eigenvalue weighted by atomic mass is 10.2. The lowest BCUT2D eigenvalue weighted by molar-refractivity contribution is 0.199. The fourth-order valence-electron chi connectivity index (χ4n) is 1.99. The van der Waals surface area contributed by atoms with E-state index in [4.69, 9.17) is 4.74 Å². The van der Waals surface area contributed by atoms with Crippen LogP contribution in [0, 0.1) is 6.92 Å². The largest absolute Gasteiger partial charge is 0.383 e. The maximum Gasteiger partial charge on any atom is 0.0587 e. The fourth-order valence-corrected chi connectivity index (χ4v) is 1.99. The Kier molecular flexibility index (Phi) is 4.18. The summed E-state index contributed by atoms with van der Waals surface area (Å²) >= 11 is 0. The first-order valence-corrected chi connectivity index (χ1v) is 6.06. The molecule has 1 aromatic carbocycles. The maximum atomic E-state index is 5.00. The van der Waals surface area contributed by atoms with Crippen molar-refractivity contribution in [2.75, 3.05) is 26.8 Å². The van der Waals surface area contributed by atoms with E-state index in [-0.39, 0.29) is 0 Å². The van der Waals surface area contributed by atoms with Crippen molar-refractivity contribution in [3.05, 3.63) is 36.0 Å². The molecule has 2 rings (SSSR count). The Bertz CT molecular complexity index is 476. The van der Waals surface area contributed by atoms with Gasteiger partial charge in [0.2, 0.25) is 0 Å². The molecule has 3 nitrogen and oxygen atoms in total. The molecule has 0 aliphatic rings. The lowest BCUT2D eigenvalue weighted by Gasteiger charge is -2.07. The van der Waals surface area contributed by atoms with Gasteiger partial charge in [0.1, 0.15) is 0 Å². The summed E-state index contributed by atoms with van der Waals surface area (Å²) in [7, 11) is 1.73. The minimum Gasteiger partial charge on any atom is -0.383 e. The zero-order valence-electron chi connectivity index (χ0n) is 10.6. The Hall–Kier alpha value is -1.32. The molecule has 92 valence electrons. The molecule has 0 aliphatic carbocycles. The van der Waals surface area contributed by atoms with E-state index >= 15 is 0 Å². The number of fused-ring (bicyclic) bond motifs is 1. The maximum absolute atomic E-state index is 5.00. The molecule has 0 saturated carbocycles. The molecule has 3 heteroatoms. The Morgan fingerprint density at radius 1 is 1.24 bits per heavy atom. The Labute approximate surface area is 102 Å². The van der Waals surface area contributed by atoms with Gasteiger partial charge in [-0.3, -0.25) is 0 Å². The van der Waals surface area contributed by atoms with E-state index in [9.17, 15) is 0 Å². The number of rotatable bonds is 6. The van der Waals surface area contributed by atoms with Crippen LogP contribution in [0.1, 0.15) is 5.56 Å². The van der Waals surface area contributed by atoms with E-state index in [1.165, 1.54) is 16.5 Å². The number of aromatic nitrogens is 1. The van der Waals surface area contributed by atoms with Gasteiger partial charge in [-0.25, -0.2) is 0 Å². The van der Waals surface area contributed by atoms with Crippen LogP contribution in [0.3, 0.4) is 0 Å². The minimum atomic E-state index is 0.769. The molecular formula is C14H20N2O. The van der Waals surface area contributed by atoms with Crippen molar-refractivity contribution in [2.24, 2.45) is 0 Å². The summed E-state index contributed by atoms with van der Waals surface area (Å²) in [6.45, 7) is 5.78. The van der Waals surface area contributed by atoms with Gasteiger partial charge in [0, 0.05) is 38.5 Å². The van der Waals surface area contributed by atoms with Gasteiger partial charge in [-0.1, -0.05) is 12.1 Å². The quantitative estimate of drug-likeness (QED) is 0.773. The van der Waals surface area contributed by atoms with Crippen LogP contribution < -0.4 is 5.32 Å². The average molecular weight is 232 g/mol. The van der Waals surface area contributed by atoms with Gasteiger partial charge in [0.05, 0.1) is 6.61 Å². The second-order valence-electron chi connectivity index (χ2n) is 4.31. The number of hydrogen-bond acceptors (Lipinski definition) is 2. The van der Waals surface area contributed by atoms with Gasteiger partial charge < -0.3 is 14.6 Å². The molecular weight excluding hydrogens is 212 g/mol. The first-order chi connectivity index (χ1) is 8.31. The Morgan fingerprint density at radius 3 is 2.94 bits per heavy atom. The minimum absolute atomic E-state index is 0.769. The van der Waals surface area contributed by atoms with Gasteiger partial charge in [-0.05, 0) is 30.0 Å². The summed E-state index contributed by atoms with van der Waals surface area (Å²) in [5, 5.41) is 4.67. The zero-order chi connectivity index (χ0) is 12.1. The third-order valence-corrected chi connectivity index (χ3v) is 2.94. The second kappa shape index (κ2) is 5.84. The number of aryl methyl sites for hydroxylation is 1. The molecule has 0 fully saturated rings. The summed E-state index contributed by atoms with van der Waals surface area (Å²) in [5.41, 5.74) is 2.63. The number of hydrogen-bond donors (Lipinski definition) is 1. The predicted octanol–water partition coefficient (Wildman–Crippen LogP) is 2.19. The molecule has 0 bridgehead atoms. The predicted molar refractivity (Wildman–Crippen MR) is 71.4 cm³/mol. The normalized spacial score (nSPS) is 11.2. The molecule has 2 aromatic rings. The van der Waals surface area contributed by atoms with Crippen LogP contribution in [0.5, 0.6) is 0 Å². The summed E-state index contributed by atoms with van der Waals surface area (Å²) in [6, 6.07) is 8.75. The monoisotopic (exact) mass is 232 g/mol. The van der Waals surface area contributed by atoms with Crippen LogP contribution in [0.15, 0.2) is 30.5 Å². The van der Waals surface area contributed by atoms with E-state index in [1.807, 2.05) is 0 Å². The van der Waals surface area contributed by atoms with Crippen molar-refractivity contribution in [2.45, 2.75) is 13.5 Å². The van der Waals surface area contributed by atoms with Gasteiger partial charge in [0.25, 0.3) is 0 Å². The molecule has 0 unspecified atom stereocenters. The van der Waals surface area contributed by atoms with E-state index in [0.29, 0.717) is 0 Å². The highest BCUT2D eigenvalue weighted by Gasteiger charge is 2.00. The number of methoxy groups -OCH3 is 1. The standard InChI is InChI=1S/C14H20N2O/c1-12-3-4-13-5-8-16(14(13)11-12)9-6-15-7-10-17-2/h3-5,8,11,15H,6-7,9-10H2,1-2H3. The number of nitrogens with zero attached hydrogens (tertiary/aromatic N) is 1. The van der Waals surface area contributed by atoms with E-state index in [1.54, 1.807) is 7.11 Å². The van der Waals surface area contributed by atoms with E-state index in [0.717, 1.165) is 26.2 Å². The molecule has 1 N–H and O–H groups in total. The number of ether oxygens (including phenoxy) is 1. The number of nitrogens with one attached hydrogen (secondary N) is 1. The van der Waals surface area contributed by atoms with E-state index in [2.05, 4.69) is 47.3 Å². The molecule has 0 aliphatic heterocycles. The van der Waals surface area contributed by atoms with E-state index < -0.39 is 0 Å². The van der Waals surface area contributed by atoms with Crippen LogP contribution in [0.25, 0.3) is 10.9 Å².